The van der Waals surface area contributed by atoms with Crippen molar-refractivity contribution in [2.24, 2.45) is 17.3 Å². The van der Waals surface area contributed by atoms with Crippen LogP contribution in [-0.4, -0.2) is 41.7 Å². The number of anilines is 5. The zero-order chi connectivity index (χ0) is 33.2. The molecule has 4 N–H and O–H groups in total. The van der Waals surface area contributed by atoms with E-state index in [1.165, 1.54) is 20.2 Å². The summed E-state index contributed by atoms with van der Waals surface area (Å²) in [6.07, 6.45) is -0.152. The van der Waals surface area contributed by atoms with E-state index >= 15 is 0 Å². The first-order chi connectivity index (χ1) is 21.9. The first kappa shape index (κ1) is 32.7. The number of para-hydroxylation sites is 1. The Bertz CT molecular complexity index is 1660. The van der Waals surface area contributed by atoms with Crippen LogP contribution in [0.5, 0.6) is 5.75 Å². The lowest BCUT2D eigenvalue weighted by atomic mass is 9.57. The maximum absolute atomic E-state index is 14.0. The molecule has 2 saturated carbocycles. The SMILES string of the molecule is CCC1CC2CC(C(=O)Nc3ccc(Nc4ncc(C(F)(F)F)c(Nc5c(C)cccc5C(=O)NC)n4)c(OC)c3)(CCC2=O)C1. The molecule has 2 bridgehead atoms. The topological polar surface area (TPSA) is 134 Å². The van der Waals surface area contributed by atoms with E-state index in [1.54, 1.807) is 37.3 Å². The molecule has 3 aromatic rings. The second-order valence-electron chi connectivity index (χ2n) is 12.0. The van der Waals surface area contributed by atoms with Gasteiger partial charge in [0.25, 0.3) is 5.91 Å². The van der Waals surface area contributed by atoms with Crippen molar-refractivity contribution >= 4 is 46.4 Å². The summed E-state index contributed by atoms with van der Waals surface area (Å²) >= 11 is 0. The number of hydrogen-bond donors (Lipinski definition) is 4. The number of nitrogens with one attached hydrogen (secondary N) is 4. The third-order valence-electron chi connectivity index (χ3n) is 9.09. The number of fused-ring (bicyclic) bond motifs is 2. The largest absolute Gasteiger partial charge is 0.494 e. The van der Waals surface area contributed by atoms with Crippen molar-refractivity contribution in [3.8, 4) is 5.75 Å². The fourth-order valence-electron chi connectivity index (χ4n) is 6.58. The number of Topliss-reactive ketones (excluding diaryl/α,β-unsaturated/α-hetero) is 1. The van der Waals surface area contributed by atoms with Crippen LogP contribution in [0.25, 0.3) is 0 Å². The van der Waals surface area contributed by atoms with E-state index in [4.69, 9.17) is 4.74 Å². The lowest BCUT2D eigenvalue weighted by Crippen LogP contribution is -2.48. The van der Waals surface area contributed by atoms with Gasteiger partial charge in [0.2, 0.25) is 11.9 Å². The molecule has 2 aliphatic rings. The predicted molar refractivity (Wildman–Crippen MR) is 168 cm³/mol. The maximum Gasteiger partial charge on any atom is 0.421 e. The number of aryl methyl sites for hydroxylation is 1. The minimum Gasteiger partial charge on any atom is -0.494 e. The highest BCUT2D eigenvalue weighted by molar-refractivity contribution is 6.01. The fraction of sp³-hybridized carbons (Fsp3) is 0.424. The Morgan fingerprint density at radius 3 is 2.61 bits per heavy atom. The van der Waals surface area contributed by atoms with Crippen molar-refractivity contribution in [1.29, 1.82) is 0 Å². The Hall–Kier alpha value is -4.68. The average molecular weight is 639 g/mol. The molecule has 2 amide bonds. The number of ether oxygens (including phenoxy) is 1. The minimum atomic E-state index is -4.78. The van der Waals surface area contributed by atoms with Crippen molar-refractivity contribution in [3.63, 3.8) is 0 Å². The van der Waals surface area contributed by atoms with Crippen LogP contribution in [0.4, 0.5) is 42.0 Å². The van der Waals surface area contributed by atoms with E-state index in [0.717, 1.165) is 19.3 Å². The van der Waals surface area contributed by atoms with Crippen LogP contribution in [0.2, 0.25) is 0 Å². The minimum absolute atomic E-state index is 0.0800. The van der Waals surface area contributed by atoms with Gasteiger partial charge >= 0.3 is 6.18 Å². The summed E-state index contributed by atoms with van der Waals surface area (Å²) in [5.74, 6) is -0.537. The van der Waals surface area contributed by atoms with Gasteiger partial charge in [-0.05, 0) is 62.3 Å². The molecular formula is C33H37F3N6O4. The molecule has 46 heavy (non-hydrogen) atoms. The highest BCUT2D eigenvalue weighted by Gasteiger charge is 2.50. The van der Waals surface area contributed by atoms with Gasteiger partial charge in [-0.15, -0.1) is 0 Å². The number of halogens is 3. The summed E-state index contributed by atoms with van der Waals surface area (Å²) in [5.41, 5.74) is -0.0386. The number of ketones is 1. The first-order valence-electron chi connectivity index (χ1n) is 15.2. The zero-order valence-electron chi connectivity index (χ0n) is 26.1. The number of amides is 2. The molecule has 1 heterocycles. The van der Waals surface area contributed by atoms with E-state index in [-0.39, 0.29) is 34.8 Å². The Balaban J connectivity index is 1.40. The molecule has 13 heteroatoms. The van der Waals surface area contributed by atoms with Gasteiger partial charge in [-0.2, -0.15) is 18.2 Å². The van der Waals surface area contributed by atoms with Crippen LogP contribution >= 0.6 is 0 Å². The zero-order valence-corrected chi connectivity index (χ0v) is 26.1. The molecule has 1 aromatic heterocycles. The van der Waals surface area contributed by atoms with Gasteiger partial charge in [-0.25, -0.2) is 4.98 Å². The lowest BCUT2D eigenvalue weighted by molar-refractivity contribution is -0.141. The number of alkyl halides is 3. The molecule has 3 atom stereocenters. The number of rotatable bonds is 9. The summed E-state index contributed by atoms with van der Waals surface area (Å²) in [5, 5.41) is 11.1. The molecule has 10 nitrogen and oxygen atoms in total. The molecule has 2 aromatic carbocycles. The Labute approximate surface area is 264 Å². The Kier molecular flexibility index (Phi) is 9.22. The predicted octanol–water partition coefficient (Wildman–Crippen LogP) is 6.77. The second-order valence-corrected chi connectivity index (χ2v) is 12.0. The molecule has 244 valence electrons. The van der Waals surface area contributed by atoms with Crippen LogP contribution in [0.1, 0.15) is 66.9 Å². The third-order valence-corrected chi connectivity index (χ3v) is 9.09. The van der Waals surface area contributed by atoms with Gasteiger partial charge in [0.1, 0.15) is 22.9 Å². The molecule has 0 spiro atoms. The number of methoxy groups -OCH3 is 1. The molecule has 2 fully saturated rings. The third kappa shape index (κ3) is 6.63. The molecule has 0 saturated heterocycles. The van der Waals surface area contributed by atoms with Gasteiger partial charge in [0.05, 0.1) is 29.5 Å². The number of carbonyl (C=O) groups is 3. The van der Waals surface area contributed by atoms with Gasteiger partial charge in [0.15, 0.2) is 0 Å². The van der Waals surface area contributed by atoms with Crippen molar-refractivity contribution < 1.29 is 32.3 Å². The molecule has 0 radical (unpaired) electrons. The lowest BCUT2D eigenvalue weighted by Gasteiger charge is -2.46. The number of aromatic nitrogens is 2. The first-order valence-corrected chi connectivity index (χ1v) is 15.2. The normalized spacial score (nSPS) is 20.9. The van der Waals surface area contributed by atoms with E-state index in [2.05, 4.69) is 38.2 Å². The number of benzene rings is 2. The molecule has 5 rings (SSSR count). The number of carbonyl (C=O) groups excluding carboxylic acids is 3. The number of hydrogen-bond acceptors (Lipinski definition) is 8. The van der Waals surface area contributed by atoms with Crippen molar-refractivity contribution in [2.75, 3.05) is 30.1 Å². The molecular weight excluding hydrogens is 601 g/mol. The Morgan fingerprint density at radius 2 is 1.91 bits per heavy atom. The number of nitrogens with zero attached hydrogens (tertiary/aromatic N) is 2. The van der Waals surface area contributed by atoms with Gasteiger partial charge in [-0.3, -0.25) is 14.4 Å². The monoisotopic (exact) mass is 638 g/mol. The van der Waals surface area contributed by atoms with Crippen molar-refractivity contribution in [1.82, 2.24) is 15.3 Å². The van der Waals surface area contributed by atoms with Crippen LogP contribution in [0, 0.1) is 24.2 Å². The van der Waals surface area contributed by atoms with Gasteiger partial charge in [0, 0.05) is 37.3 Å². The summed E-state index contributed by atoms with van der Waals surface area (Å²) in [7, 11) is 2.85. The molecule has 2 aliphatic carbocycles. The van der Waals surface area contributed by atoms with Gasteiger partial charge in [-0.1, -0.05) is 25.5 Å². The maximum atomic E-state index is 14.0. The average Bonchev–Trinajstić information content (AvgIpc) is 3.03. The Morgan fingerprint density at radius 1 is 1.13 bits per heavy atom. The highest BCUT2D eigenvalue weighted by atomic mass is 19.4. The van der Waals surface area contributed by atoms with Crippen LogP contribution in [0.15, 0.2) is 42.6 Å². The van der Waals surface area contributed by atoms with Crippen LogP contribution < -0.4 is 26.0 Å². The fourth-order valence-corrected chi connectivity index (χ4v) is 6.58. The highest BCUT2D eigenvalue weighted by Crippen LogP contribution is 2.51. The summed E-state index contributed by atoms with van der Waals surface area (Å²) in [6.45, 7) is 3.75. The van der Waals surface area contributed by atoms with E-state index in [1.807, 2.05) is 0 Å². The van der Waals surface area contributed by atoms with E-state index in [0.29, 0.717) is 54.1 Å². The summed E-state index contributed by atoms with van der Waals surface area (Å²) < 4.78 is 47.5. The summed E-state index contributed by atoms with van der Waals surface area (Å²) in [6, 6.07) is 9.65. The van der Waals surface area contributed by atoms with Crippen LogP contribution in [-0.2, 0) is 15.8 Å². The second kappa shape index (κ2) is 13.0. The smallest absolute Gasteiger partial charge is 0.421 e. The van der Waals surface area contributed by atoms with Gasteiger partial charge < -0.3 is 26.0 Å². The summed E-state index contributed by atoms with van der Waals surface area (Å²) in [4.78, 5) is 46.6. The molecule has 3 unspecified atom stereocenters. The van der Waals surface area contributed by atoms with E-state index in [9.17, 15) is 27.6 Å². The standard InChI is InChI=1S/C33H37F3N6O4/c1-5-19-13-20-16-32(15-19,12-11-25(20)43)30(45)39-21-9-10-24(26(14-21)46-4)40-31-38-17-23(33(34,35)36)28(42-31)41-27-18(2)7-6-8-22(27)29(44)37-3/h6-10,14,17,19-20H,5,11-13,15-16H2,1-4H3,(H,37,44)(H,39,45)(H2,38,40,41,42). The van der Waals surface area contributed by atoms with Crippen molar-refractivity contribution in [2.45, 2.75) is 58.5 Å². The molecule has 0 aliphatic heterocycles. The van der Waals surface area contributed by atoms with Crippen molar-refractivity contribution in [3.05, 3.63) is 59.3 Å². The van der Waals surface area contributed by atoms with Crippen LogP contribution in [0.3, 0.4) is 0 Å². The quantitative estimate of drug-likeness (QED) is 0.202. The van der Waals surface area contributed by atoms with E-state index < -0.39 is 28.9 Å².